The molecule has 0 unspecified atom stereocenters. The molecule has 0 aromatic heterocycles. The molecule has 1 fully saturated rings. The average Bonchev–Trinajstić information content (AvgIpc) is 2.97. The molecule has 3 rings (SSSR count). The first-order valence-electron chi connectivity index (χ1n) is 8.70. The van der Waals surface area contributed by atoms with Crippen molar-refractivity contribution in [3.8, 4) is 5.75 Å². The lowest BCUT2D eigenvalue weighted by Gasteiger charge is -2.32. The first kappa shape index (κ1) is 17.3. The molecule has 0 N–H and O–H groups in total. The summed E-state index contributed by atoms with van der Waals surface area (Å²) < 4.78 is 18.1. The van der Waals surface area contributed by atoms with Crippen LogP contribution in [0.15, 0.2) is 36.4 Å². The first-order chi connectivity index (χ1) is 11.2. The fourth-order valence-corrected chi connectivity index (χ4v) is 2.81. The van der Waals surface area contributed by atoms with Gasteiger partial charge in [-0.3, -0.25) is 0 Å². The topological polar surface area (TPSA) is 27.7 Å². The Morgan fingerprint density at radius 3 is 2.38 bits per heavy atom. The van der Waals surface area contributed by atoms with Crippen molar-refractivity contribution >= 4 is 18.2 Å². The van der Waals surface area contributed by atoms with Gasteiger partial charge in [0.05, 0.1) is 11.2 Å². The number of benzene rings is 1. The molecule has 1 aromatic rings. The Hall–Kier alpha value is -1.52. The van der Waals surface area contributed by atoms with E-state index in [1.807, 2.05) is 6.07 Å². The van der Waals surface area contributed by atoms with Gasteiger partial charge in [-0.25, -0.2) is 0 Å². The zero-order valence-electron chi connectivity index (χ0n) is 15.6. The molecular weight excluding hydrogens is 299 g/mol. The molecule has 0 spiro atoms. The van der Waals surface area contributed by atoms with Gasteiger partial charge in [-0.2, -0.15) is 0 Å². The second-order valence-corrected chi connectivity index (χ2v) is 7.95. The van der Waals surface area contributed by atoms with E-state index in [9.17, 15) is 0 Å². The minimum absolute atomic E-state index is 0.329. The van der Waals surface area contributed by atoms with Crippen LogP contribution in [0.2, 0.25) is 0 Å². The Bertz CT molecular complexity index is 670. The maximum Gasteiger partial charge on any atom is 0.494 e. The molecule has 1 aromatic carbocycles. The van der Waals surface area contributed by atoms with Crippen molar-refractivity contribution in [2.75, 3.05) is 6.61 Å². The first-order valence-corrected chi connectivity index (χ1v) is 8.70. The predicted octanol–water partition coefficient (Wildman–Crippen LogP) is 3.97. The largest absolute Gasteiger partial charge is 0.494 e. The van der Waals surface area contributed by atoms with Crippen molar-refractivity contribution in [2.45, 2.75) is 52.7 Å². The maximum absolute atomic E-state index is 6.12. The molecule has 0 atom stereocenters. The molecule has 4 heteroatoms. The van der Waals surface area contributed by atoms with Gasteiger partial charge >= 0.3 is 7.12 Å². The third kappa shape index (κ3) is 3.18. The summed E-state index contributed by atoms with van der Waals surface area (Å²) in [5.41, 5.74) is 2.71. The highest BCUT2D eigenvalue weighted by atomic mass is 16.7. The summed E-state index contributed by atoms with van der Waals surface area (Å²) in [5, 5.41) is 0. The Morgan fingerprint density at radius 2 is 1.75 bits per heavy atom. The molecular formula is C20H27BO3. The SMILES string of the molecule is CC(C)/C=C\C=C1/COc2cc(B3OC(C)(C)C(C)(C)O3)ccc21. The molecule has 2 aliphatic rings. The molecule has 0 radical (unpaired) electrons. The van der Waals surface area contributed by atoms with Crippen LogP contribution in [-0.2, 0) is 9.31 Å². The zero-order chi connectivity index (χ0) is 17.5. The summed E-state index contributed by atoms with van der Waals surface area (Å²) >= 11 is 0. The van der Waals surface area contributed by atoms with E-state index in [1.54, 1.807) is 0 Å². The van der Waals surface area contributed by atoms with Crippen LogP contribution in [0.25, 0.3) is 5.57 Å². The third-order valence-corrected chi connectivity index (χ3v) is 5.05. The fraction of sp³-hybridized carbons (Fsp3) is 0.500. The Morgan fingerprint density at radius 1 is 1.08 bits per heavy atom. The van der Waals surface area contributed by atoms with Gasteiger partial charge in [0.15, 0.2) is 0 Å². The van der Waals surface area contributed by atoms with Gasteiger partial charge in [-0.05, 0) is 45.1 Å². The monoisotopic (exact) mass is 326 g/mol. The van der Waals surface area contributed by atoms with E-state index in [-0.39, 0.29) is 18.3 Å². The summed E-state index contributed by atoms with van der Waals surface area (Å²) in [7, 11) is -0.349. The Kier molecular flexibility index (Phi) is 4.39. The van der Waals surface area contributed by atoms with Crippen LogP contribution in [0.1, 0.15) is 47.1 Å². The van der Waals surface area contributed by atoms with Gasteiger partial charge in [-0.1, -0.05) is 44.2 Å². The van der Waals surface area contributed by atoms with E-state index in [1.165, 1.54) is 5.57 Å². The van der Waals surface area contributed by atoms with Crippen molar-refractivity contribution < 1.29 is 14.0 Å². The number of hydrogen-bond acceptors (Lipinski definition) is 3. The second kappa shape index (κ2) is 6.09. The van der Waals surface area contributed by atoms with E-state index in [0.717, 1.165) is 16.8 Å². The van der Waals surface area contributed by atoms with Crippen LogP contribution in [0.3, 0.4) is 0 Å². The fourth-order valence-electron chi connectivity index (χ4n) is 2.81. The van der Waals surface area contributed by atoms with Gasteiger partial charge in [0, 0.05) is 11.1 Å². The Balaban J connectivity index is 1.82. The molecule has 1 saturated heterocycles. The van der Waals surface area contributed by atoms with Crippen LogP contribution in [0.4, 0.5) is 0 Å². The highest BCUT2D eigenvalue weighted by Gasteiger charge is 2.51. The molecule has 2 heterocycles. The highest BCUT2D eigenvalue weighted by Crippen LogP contribution is 2.38. The van der Waals surface area contributed by atoms with E-state index in [2.05, 4.69) is 71.9 Å². The normalized spacial score (nSPS) is 23.3. The van der Waals surface area contributed by atoms with Crippen LogP contribution in [0.5, 0.6) is 5.75 Å². The maximum atomic E-state index is 6.12. The van der Waals surface area contributed by atoms with Gasteiger partial charge in [0.1, 0.15) is 12.4 Å². The van der Waals surface area contributed by atoms with Gasteiger partial charge in [0.2, 0.25) is 0 Å². The van der Waals surface area contributed by atoms with Crippen LogP contribution in [0, 0.1) is 5.92 Å². The number of allylic oxidation sites excluding steroid dienone is 3. The molecule has 128 valence electrons. The second-order valence-electron chi connectivity index (χ2n) is 7.95. The molecule has 0 amide bonds. The van der Waals surface area contributed by atoms with Crippen molar-refractivity contribution in [3.05, 3.63) is 42.0 Å². The van der Waals surface area contributed by atoms with Gasteiger partial charge < -0.3 is 14.0 Å². The van der Waals surface area contributed by atoms with Crippen LogP contribution in [-0.4, -0.2) is 24.9 Å². The van der Waals surface area contributed by atoms with E-state index in [4.69, 9.17) is 14.0 Å². The summed E-state index contributed by atoms with van der Waals surface area (Å²) in [5.74, 6) is 1.46. The van der Waals surface area contributed by atoms with E-state index in [0.29, 0.717) is 12.5 Å². The number of fused-ring (bicyclic) bond motifs is 1. The third-order valence-electron chi connectivity index (χ3n) is 5.05. The van der Waals surface area contributed by atoms with Gasteiger partial charge in [-0.15, -0.1) is 0 Å². The summed E-state index contributed by atoms with van der Waals surface area (Å²) in [6, 6.07) is 6.23. The summed E-state index contributed by atoms with van der Waals surface area (Å²) in [6.45, 7) is 13.2. The quantitative estimate of drug-likeness (QED) is 0.787. The predicted molar refractivity (Wildman–Crippen MR) is 99.6 cm³/mol. The molecule has 0 bridgehead atoms. The molecule has 24 heavy (non-hydrogen) atoms. The van der Waals surface area contributed by atoms with Crippen LogP contribution < -0.4 is 10.2 Å². The molecule has 0 saturated carbocycles. The zero-order valence-corrected chi connectivity index (χ0v) is 15.6. The minimum atomic E-state index is -0.349. The lowest BCUT2D eigenvalue weighted by molar-refractivity contribution is 0.00578. The number of rotatable bonds is 3. The average molecular weight is 326 g/mol. The molecule has 2 aliphatic heterocycles. The van der Waals surface area contributed by atoms with Crippen molar-refractivity contribution in [2.24, 2.45) is 5.92 Å². The van der Waals surface area contributed by atoms with Crippen molar-refractivity contribution in [1.29, 1.82) is 0 Å². The number of ether oxygens (including phenoxy) is 1. The Labute approximate surface area is 145 Å². The molecule has 0 aliphatic carbocycles. The lowest BCUT2D eigenvalue weighted by Crippen LogP contribution is -2.41. The van der Waals surface area contributed by atoms with Crippen molar-refractivity contribution in [3.63, 3.8) is 0 Å². The van der Waals surface area contributed by atoms with E-state index >= 15 is 0 Å². The van der Waals surface area contributed by atoms with Crippen LogP contribution >= 0.6 is 0 Å². The molecule has 3 nitrogen and oxygen atoms in total. The minimum Gasteiger partial charge on any atom is -0.488 e. The van der Waals surface area contributed by atoms with Crippen molar-refractivity contribution in [1.82, 2.24) is 0 Å². The lowest BCUT2D eigenvalue weighted by atomic mass is 9.78. The summed E-state index contributed by atoms with van der Waals surface area (Å²) in [4.78, 5) is 0. The van der Waals surface area contributed by atoms with Gasteiger partial charge in [0.25, 0.3) is 0 Å². The highest BCUT2D eigenvalue weighted by molar-refractivity contribution is 6.62. The van der Waals surface area contributed by atoms with E-state index < -0.39 is 0 Å². The summed E-state index contributed by atoms with van der Waals surface area (Å²) in [6.07, 6.45) is 6.44. The standard InChI is InChI=1S/C20H27BO3/c1-14(2)8-7-9-15-13-22-18-12-16(10-11-17(15)18)21-23-19(3,4)20(5,6)24-21/h7-12,14H,13H2,1-6H3/b8-7-,15-9+. The number of hydrogen-bond donors (Lipinski definition) is 0. The smallest absolute Gasteiger partial charge is 0.488 e.